The van der Waals surface area contributed by atoms with Crippen LogP contribution < -0.4 is 9.47 Å². The molecule has 2 aromatic rings. The number of nitrogens with zero attached hydrogens (tertiary/aromatic N) is 1. The van der Waals surface area contributed by atoms with Gasteiger partial charge in [0.1, 0.15) is 0 Å². The number of aliphatic carboxylic acids is 1. The molecule has 0 atom stereocenters. The maximum absolute atomic E-state index is 12.8. The van der Waals surface area contributed by atoms with Crippen molar-refractivity contribution in [1.82, 2.24) is 4.90 Å². The number of benzene rings is 2. The fourth-order valence-electron chi connectivity index (χ4n) is 2.89. The van der Waals surface area contributed by atoms with E-state index >= 15 is 0 Å². The predicted octanol–water partition coefficient (Wildman–Crippen LogP) is 4.09. The summed E-state index contributed by atoms with van der Waals surface area (Å²) >= 11 is 0.888. The van der Waals surface area contributed by atoms with E-state index in [4.69, 9.17) is 14.6 Å². The van der Waals surface area contributed by atoms with Crippen LogP contribution in [0.15, 0.2) is 47.4 Å². The number of hydrogen-bond acceptors (Lipinski definition) is 6. The number of carboxylic acids is 1. The van der Waals surface area contributed by atoms with Crippen LogP contribution in [0.4, 0.5) is 4.79 Å². The number of amides is 2. The Kier molecular flexibility index (Phi) is 6.79. The highest BCUT2D eigenvalue weighted by Gasteiger charge is 2.35. The molecule has 1 fully saturated rings. The van der Waals surface area contributed by atoms with E-state index in [0.717, 1.165) is 22.9 Å². The Morgan fingerprint density at radius 1 is 1.13 bits per heavy atom. The number of aryl methyl sites for hydroxylation is 1. The van der Waals surface area contributed by atoms with Gasteiger partial charge in [-0.25, -0.2) is 4.79 Å². The Balaban J connectivity index is 1.81. The summed E-state index contributed by atoms with van der Waals surface area (Å²) in [6.45, 7) is 3.83. The standard InChI is InChI=1S/C22H21NO6S/c1-3-28-18-10-15(8-9-17(18)29-13-20(24)25)11-19-21(26)23(22(27)30-19)12-16-7-5-4-6-14(16)2/h4-11H,3,12-13H2,1-2H3,(H,24,25)/b19-11-. The van der Waals surface area contributed by atoms with E-state index in [9.17, 15) is 14.4 Å². The molecule has 2 aromatic carbocycles. The lowest BCUT2D eigenvalue weighted by atomic mass is 10.1. The molecule has 7 nitrogen and oxygen atoms in total. The molecule has 1 aliphatic heterocycles. The van der Waals surface area contributed by atoms with Gasteiger partial charge in [-0.05, 0) is 60.5 Å². The predicted molar refractivity (Wildman–Crippen MR) is 113 cm³/mol. The summed E-state index contributed by atoms with van der Waals surface area (Å²) in [4.78, 5) is 37.5. The van der Waals surface area contributed by atoms with E-state index < -0.39 is 12.6 Å². The molecule has 156 valence electrons. The number of carboxylic acid groups (broad SMARTS) is 1. The molecule has 3 rings (SSSR count). The zero-order chi connectivity index (χ0) is 21.7. The van der Waals surface area contributed by atoms with E-state index in [1.54, 1.807) is 31.2 Å². The first-order chi connectivity index (χ1) is 14.4. The highest BCUT2D eigenvalue weighted by atomic mass is 32.2. The van der Waals surface area contributed by atoms with Crippen LogP contribution in [0.2, 0.25) is 0 Å². The second-order valence-electron chi connectivity index (χ2n) is 6.52. The van der Waals surface area contributed by atoms with Gasteiger partial charge in [0.25, 0.3) is 11.1 Å². The number of ether oxygens (including phenoxy) is 2. The average Bonchev–Trinajstić information content (AvgIpc) is 2.96. The van der Waals surface area contributed by atoms with Crippen LogP contribution in [0.3, 0.4) is 0 Å². The van der Waals surface area contributed by atoms with Gasteiger partial charge < -0.3 is 14.6 Å². The number of rotatable bonds is 8. The van der Waals surface area contributed by atoms with Gasteiger partial charge in [0.2, 0.25) is 0 Å². The van der Waals surface area contributed by atoms with Crippen molar-refractivity contribution in [3.05, 3.63) is 64.1 Å². The third-order valence-electron chi connectivity index (χ3n) is 4.38. The van der Waals surface area contributed by atoms with Crippen LogP contribution in [0.5, 0.6) is 11.5 Å². The third-order valence-corrected chi connectivity index (χ3v) is 5.29. The van der Waals surface area contributed by atoms with Crippen molar-refractivity contribution in [2.45, 2.75) is 20.4 Å². The lowest BCUT2D eigenvalue weighted by molar-refractivity contribution is -0.139. The first kappa shape index (κ1) is 21.4. The monoisotopic (exact) mass is 427 g/mol. The van der Waals surface area contributed by atoms with Crippen molar-refractivity contribution in [2.75, 3.05) is 13.2 Å². The molecule has 0 bridgehead atoms. The van der Waals surface area contributed by atoms with Crippen molar-refractivity contribution < 1.29 is 29.0 Å². The van der Waals surface area contributed by atoms with Gasteiger partial charge in [-0.1, -0.05) is 30.3 Å². The van der Waals surface area contributed by atoms with E-state index in [2.05, 4.69) is 0 Å². The Labute approximate surface area is 178 Å². The van der Waals surface area contributed by atoms with Crippen LogP contribution in [0, 0.1) is 6.92 Å². The third kappa shape index (κ3) is 5.01. The summed E-state index contributed by atoms with van der Waals surface area (Å²) in [6.07, 6.45) is 1.62. The summed E-state index contributed by atoms with van der Waals surface area (Å²) in [6, 6.07) is 12.5. The fourth-order valence-corrected chi connectivity index (χ4v) is 3.73. The quantitative estimate of drug-likeness (QED) is 0.634. The summed E-state index contributed by atoms with van der Waals surface area (Å²) in [5, 5.41) is 8.47. The van der Waals surface area contributed by atoms with Gasteiger partial charge >= 0.3 is 5.97 Å². The van der Waals surface area contributed by atoms with Crippen molar-refractivity contribution in [3.8, 4) is 11.5 Å². The zero-order valence-electron chi connectivity index (χ0n) is 16.6. The summed E-state index contributed by atoms with van der Waals surface area (Å²) in [7, 11) is 0. The SMILES string of the molecule is CCOc1cc(/C=C2\SC(=O)N(Cc3ccccc3C)C2=O)ccc1OCC(=O)O. The maximum Gasteiger partial charge on any atom is 0.341 e. The Bertz CT molecular complexity index is 1020. The molecule has 1 aliphatic rings. The normalized spacial score (nSPS) is 15.0. The molecule has 0 radical (unpaired) electrons. The van der Waals surface area contributed by atoms with Crippen LogP contribution in [0.1, 0.15) is 23.6 Å². The topological polar surface area (TPSA) is 93.1 Å². The average molecular weight is 427 g/mol. The first-order valence-corrected chi connectivity index (χ1v) is 10.1. The minimum atomic E-state index is -1.09. The summed E-state index contributed by atoms with van der Waals surface area (Å²) < 4.78 is 10.7. The van der Waals surface area contributed by atoms with Crippen molar-refractivity contribution in [3.63, 3.8) is 0 Å². The minimum absolute atomic E-state index is 0.223. The van der Waals surface area contributed by atoms with E-state index in [1.165, 1.54) is 4.90 Å². The molecule has 30 heavy (non-hydrogen) atoms. The fraction of sp³-hybridized carbons (Fsp3) is 0.227. The van der Waals surface area contributed by atoms with Crippen LogP contribution in [-0.2, 0) is 16.1 Å². The molecule has 1 heterocycles. The lowest BCUT2D eigenvalue weighted by Crippen LogP contribution is -2.27. The molecule has 8 heteroatoms. The van der Waals surface area contributed by atoms with E-state index in [1.807, 2.05) is 31.2 Å². The second-order valence-corrected chi connectivity index (χ2v) is 7.51. The van der Waals surface area contributed by atoms with Gasteiger partial charge in [0.15, 0.2) is 18.1 Å². The zero-order valence-corrected chi connectivity index (χ0v) is 17.4. The molecular formula is C22H21NO6S. The Morgan fingerprint density at radius 2 is 1.90 bits per heavy atom. The van der Waals surface area contributed by atoms with Crippen LogP contribution in [-0.4, -0.2) is 40.3 Å². The molecule has 1 N–H and O–H groups in total. The van der Waals surface area contributed by atoms with Crippen molar-refractivity contribution >= 4 is 35.0 Å². The maximum atomic E-state index is 12.8. The van der Waals surface area contributed by atoms with Gasteiger partial charge in [-0.15, -0.1) is 0 Å². The van der Waals surface area contributed by atoms with E-state index in [-0.39, 0.29) is 17.7 Å². The Morgan fingerprint density at radius 3 is 2.60 bits per heavy atom. The minimum Gasteiger partial charge on any atom is -0.490 e. The number of carbonyl (C=O) groups excluding carboxylic acids is 2. The van der Waals surface area contributed by atoms with Gasteiger partial charge in [0, 0.05) is 0 Å². The smallest absolute Gasteiger partial charge is 0.341 e. The summed E-state index contributed by atoms with van der Waals surface area (Å²) in [5.74, 6) is -0.781. The molecule has 2 amide bonds. The van der Waals surface area contributed by atoms with Gasteiger partial charge in [-0.3, -0.25) is 14.5 Å². The molecular weight excluding hydrogens is 406 g/mol. The number of imide groups is 1. The van der Waals surface area contributed by atoms with Gasteiger partial charge in [0.05, 0.1) is 18.1 Å². The van der Waals surface area contributed by atoms with Crippen molar-refractivity contribution in [1.29, 1.82) is 0 Å². The van der Waals surface area contributed by atoms with Crippen molar-refractivity contribution in [2.24, 2.45) is 0 Å². The lowest BCUT2D eigenvalue weighted by Gasteiger charge is -2.14. The molecule has 0 aliphatic carbocycles. The molecule has 0 unspecified atom stereocenters. The molecule has 0 saturated carbocycles. The van der Waals surface area contributed by atoms with Crippen LogP contribution in [0.25, 0.3) is 6.08 Å². The largest absolute Gasteiger partial charge is 0.490 e. The number of carbonyl (C=O) groups is 3. The molecule has 0 spiro atoms. The number of thioether (sulfide) groups is 1. The van der Waals surface area contributed by atoms with Gasteiger partial charge in [-0.2, -0.15) is 0 Å². The highest BCUT2D eigenvalue weighted by Crippen LogP contribution is 2.35. The second kappa shape index (κ2) is 9.49. The molecule has 1 saturated heterocycles. The first-order valence-electron chi connectivity index (χ1n) is 9.30. The van der Waals surface area contributed by atoms with Crippen LogP contribution >= 0.6 is 11.8 Å². The summed E-state index contributed by atoms with van der Waals surface area (Å²) in [5.41, 5.74) is 2.57. The number of hydrogen-bond donors (Lipinski definition) is 1. The highest BCUT2D eigenvalue weighted by molar-refractivity contribution is 8.18. The molecule has 0 aromatic heterocycles. The Hall–Kier alpha value is -3.26. The van der Waals surface area contributed by atoms with E-state index in [0.29, 0.717) is 28.6 Å².